The smallest absolute Gasteiger partial charge is 0.193 e. The van der Waals surface area contributed by atoms with Gasteiger partial charge in [-0.3, -0.25) is 5.11 Å². The van der Waals surface area contributed by atoms with Crippen LogP contribution in [0.5, 0.6) is 0 Å². The standard InChI is InChI=1S/C34H35O/c1-33(2,3)29-20-16-25(17-21-29)31(26-18-22-30(23-19-26)34(4,5)6)24-12-14-28(15-13-24)32(35)27-10-8-7-9-11-27/h7-23H,1-6H3. The van der Waals surface area contributed by atoms with Gasteiger partial charge in [-0.1, -0.05) is 145 Å². The van der Waals surface area contributed by atoms with Gasteiger partial charge in [-0.15, -0.1) is 0 Å². The Labute approximate surface area is 210 Å². The van der Waals surface area contributed by atoms with Crippen molar-refractivity contribution in [2.75, 3.05) is 0 Å². The maximum absolute atomic E-state index is 12.9. The predicted molar refractivity (Wildman–Crippen MR) is 147 cm³/mol. The Morgan fingerprint density at radius 3 is 1.26 bits per heavy atom. The minimum Gasteiger partial charge on any atom is -0.289 e. The third kappa shape index (κ3) is 5.57. The van der Waals surface area contributed by atoms with Gasteiger partial charge in [0.05, 0.1) is 0 Å². The van der Waals surface area contributed by atoms with E-state index in [0.29, 0.717) is 10.8 Å². The average molecular weight is 460 g/mol. The lowest BCUT2D eigenvalue weighted by atomic mass is 9.84. The molecule has 1 radical (unpaired) electrons. The Morgan fingerprint density at radius 1 is 0.457 bits per heavy atom. The lowest BCUT2D eigenvalue weighted by Crippen LogP contribution is -2.15. The summed E-state index contributed by atoms with van der Waals surface area (Å²) in [4.78, 5) is 0. The molecule has 0 amide bonds. The van der Waals surface area contributed by atoms with Gasteiger partial charge < -0.3 is 0 Å². The van der Waals surface area contributed by atoms with Crippen molar-refractivity contribution in [3.05, 3.63) is 141 Å². The highest BCUT2D eigenvalue weighted by atomic mass is 16.3. The molecule has 0 unspecified atom stereocenters. The summed E-state index contributed by atoms with van der Waals surface area (Å²) >= 11 is 0. The largest absolute Gasteiger partial charge is 0.289 e. The van der Waals surface area contributed by atoms with Crippen LogP contribution in [0.2, 0.25) is 0 Å². The molecule has 4 aromatic rings. The van der Waals surface area contributed by atoms with E-state index in [2.05, 4.69) is 102 Å². The van der Waals surface area contributed by atoms with Crippen LogP contribution in [0.25, 0.3) is 11.3 Å². The third-order valence-electron chi connectivity index (χ3n) is 6.55. The molecule has 177 valence electrons. The Bertz CT molecular complexity index is 1330. The fourth-order valence-electron chi connectivity index (χ4n) is 4.32. The average Bonchev–Trinajstić information content (AvgIpc) is 2.84. The van der Waals surface area contributed by atoms with Crippen molar-refractivity contribution in [1.29, 1.82) is 0 Å². The van der Waals surface area contributed by atoms with E-state index in [9.17, 15) is 5.11 Å². The van der Waals surface area contributed by atoms with Gasteiger partial charge >= 0.3 is 0 Å². The fraction of sp³-hybridized carbons (Fsp3) is 0.235. The van der Waals surface area contributed by atoms with Crippen LogP contribution in [-0.2, 0) is 15.9 Å². The molecule has 0 heterocycles. The van der Waals surface area contributed by atoms with Crippen molar-refractivity contribution < 1.29 is 5.11 Å². The molecule has 0 spiro atoms. The monoisotopic (exact) mass is 459 g/mol. The second kappa shape index (κ2) is 9.58. The zero-order valence-corrected chi connectivity index (χ0v) is 21.7. The van der Waals surface area contributed by atoms with E-state index in [-0.39, 0.29) is 16.6 Å². The van der Waals surface area contributed by atoms with Gasteiger partial charge in [0, 0.05) is 10.8 Å². The summed E-state index contributed by atoms with van der Waals surface area (Å²) in [6.45, 7) is 13.4. The minimum atomic E-state index is 0.0442. The van der Waals surface area contributed by atoms with E-state index in [1.165, 1.54) is 27.8 Å². The maximum atomic E-state index is 12.9. The molecular weight excluding hydrogens is 424 g/mol. The second-order valence-electron chi connectivity index (χ2n) is 11.3. The minimum absolute atomic E-state index is 0.0442. The number of benzene rings is 4. The van der Waals surface area contributed by atoms with Gasteiger partial charge in [0.25, 0.3) is 0 Å². The Hall–Kier alpha value is -3.58. The van der Waals surface area contributed by atoms with Crippen molar-refractivity contribution in [1.82, 2.24) is 0 Å². The first kappa shape index (κ1) is 24.5. The quantitative estimate of drug-likeness (QED) is 0.311. The van der Waals surface area contributed by atoms with Gasteiger partial charge in [-0.05, 0) is 43.9 Å². The summed E-state index contributed by atoms with van der Waals surface area (Å²) in [6, 6.07) is 35.3. The van der Waals surface area contributed by atoms with Gasteiger partial charge in [-0.2, -0.15) is 0 Å². The number of hydrogen-bond donors (Lipinski definition) is 0. The molecule has 0 aliphatic rings. The molecule has 0 aromatic heterocycles. The summed E-state index contributed by atoms with van der Waals surface area (Å²) in [7, 11) is 0. The highest BCUT2D eigenvalue weighted by molar-refractivity contribution is 5.79. The Balaban J connectivity index is 1.89. The SMILES string of the molecule is CC(C)(C)c1ccc(C(c2ccc(C(C)(C)C)cc2)=c2ccc(=C([O])c3ccccc3)cc2)cc1. The van der Waals surface area contributed by atoms with Crippen molar-refractivity contribution >= 4 is 11.3 Å². The molecule has 1 heteroatoms. The number of hydrogen-bond acceptors (Lipinski definition) is 0. The van der Waals surface area contributed by atoms with Gasteiger partial charge in [0.1, 0.15) is 0 Å². The summed E-state index contributed by atoms with van der Waals surface area (Å²) in [5.74, 6) is 0.0442. The molecule has 1 nitrogen and oxygen atoms in total. The van der Waals surface area contributed by atoms with Crippen LogP contribution in [0.4, 0.5) is 0 Å². The van der Waals surface area contributed by atoms with Gasteiger partial charge in [0.15, 0.2) is 5.76 Å². The van der Waals surface area contributed by atoms with Crippen LogP contribution in [0.3, 0.4) is 0 Å². The van der Waals surface area contributed by atoms with E-state index in [1.807, 2.05) is 42.5 Å². The third-order valence-corrected chi connectivity index (χ3v) is 6.55. The zero-order chi connectivity index (χ0) is 25.2. The first-order chi connectivity index (χ1) is 16.5. The summed E-state index contributed by atoms with van der Waals surface area (Å²) in [6.07, 6.45) is 0. The predicted octanol–water partition coefficient (Wildman–Crippen LogP) is 7.12. The second-order valence-corrected chi connectivity index (χ2v) is 11.3. The molecule has 0 aliphatic heterocycles. The van der Waals surface area contributed by atoms with Crippen molar-refractivity contribution in [2.45, 2.75) is 52.4 Å². The summed E-state index contributed by atoms with van der Waals surface area (Å²) in [5.41, 5.74) is 7.05. The van der Waals surface area contributed by atoms with Crippen LogP contribution in [0.15, 0.2) is 103 Å². The first-order valence-electron chi connectivity index (χ1n) is 12.3. The molecule has 0 N–H and O–H groups in total. The molecule has 0 atom stereocenters. The first-order valence-corrected chi connectivity index (χ1v) is 12.3. The van der Waals surface area contributed by atoms with E-state index >= 15 is 0 Å². The molecule has 0 bridgehead atoms. The molecule has 0 aliphatic carbocycles. The van der Waals surface area contributed by atoms with E-state index in [1.54, 1.807) is 0 Å². The molecule has 0 saturated carbocycles. The molecule has 35 heavy (non-hydrogen) atoms. The zero-order valence-electron chi connectivity index (χ0n) is 21.7. The van der Waals surface area contributed by atoms with Gasteiger partial charge in [0.2, 0.25) is 0 Å². The Kier molecular flexibility index (Phi) is 6.72. The van der Waals surface area contributed by atoms with Crippen LogP contribution >= 0.6 is 0 Å². The number of rotatable bonds is 3. The van der Waals surface area contributed by atoms with Crippen LogP contribution in [-0.4, -0.2) is 0 Å². The van der Waals surface area contributed by atoms with Crippen molar-refractivity contribution in [3.63, 3.8) is 0 Å². The van der Waals surface area contributed by atoms with Crippen LogP contribution in [0, 0.1) is 0 Å². The summed E-state index contributed by atoms with van der Waals surface area (Å²) in [5, 5.41) is 14.7. The maximum Gasteiger partial charge on any atom is 0.193 e. The highest BCUT2D eigenvalue weighted by Crippen LogP contribution is 2.28. The lowest BCUT2D eigenvalue weighted by molar-refractivity contribution is 0.385. The fourth-order valence-corrected chi connectivity index (χ4v) is 4.32. The molecule has 0 fully saturated rings. The van der Waals surface area contributed by atoms with Crippen LogP contribution in [0.1, 0.15) is 69.4 Å². The van der Waals surface area contributed by atoms with E-state index < -0.39 is 0 Å². The normalized spacial score (nSPS) is 11.8. The molecule has 0 saturated heterocycles. The van der Waals surface area contributed by atoms with Crippen molar-refractivity contribution in [2.24, 2.45) is 0 Å². The van der Waals surface area contributed by atoms with E-state index in [0.717, 1.165) is 5.22 Å². The summed E-state index contributed by atoms with van der Waals surface area (Å²) < 4.78 is 0. The highest BCUT2D eigenvalue weighted by Gasteiger charge is 2.16. The van der Waals surface area contributed by atoms with Crippen molar-refractivity contribution in [3.8, 4) is 0 Å². The Morgan fingerprint density at radius 2 is 0.857 bits per heavy atom. The molecule has 4 rings (SSSR count). The van der Waals surface area contributed by atoms with Crippen LogP contribution < -0.4 is 10.4 Å². The topological polar surface area (TPSA) is 19.9 Å². The van der Waals surface area contributed by atoms with E-state index in [4.69, 9.17) is 0 Å². The molecule has 4 aromatic carbocycles. The van der Waals surface area contributed by atoms with Gasteiger partial charge in [-0.25, -0.2) is 0 Å². The molecular formula is C34H35O. The lowest BCUT2D eigenvalue weighted by Gasteiger charge is -2.21.